The van der Waals surface area contributed by atoms with Crippen molar-refractivity contribution in [1.29, 1.82) is 0 Å². The Bertz CT molecular complexity index is 680. The Kier molecular flexibility index (Phi) is 5.78. The van der Waals surface area contributed by atoms with Gasteiger partial charge in [-0.1, -0.05) is 6.07 Å². The number of imidazole rings is 1. The molecule has 1 aliphatic rings. The van der Waals surface area contributed by atoms with Gasteiger partial charge in [-0.25, -0.2) is 4.98 Å². The molecule has 1 fully saturated rings. The minimum absolute atomic E-state index is 0.0203. The second kappa shape index (κ2) is 8.22. The van der Waals surface area contributed by atoms with Crippen molar-refractivity contribution in [3.63, 3.8) is 0 Å². The van der Waals surface area contributed by atoms with Crippen molar-refractivity contribution < 1.29 is 9.90 Å². The third kappa shape index (κ3) is 4.64. The third-order valence-electron chi connectivity index (χ3n) is 4.78. The number of aliphatic hydroxyl groups excluding tert-OH is 1. The van der Waals surface area contributed by atoms with Gasteiger partial charge in [0.1, 0.15) is 11.9 Å². The van der Waals surface area contributed by atoms with E-state index in [1.165, 1.54) is 0 Å². The maximum atomic E-state index is 12.1. The lowest BCUT2D eigenvalue weighted by atomic mass is 9.90. The highest BCUT2D eigenvalue weighted by atomic mass is 16.3. The molecular formula is C18H25N5O2. The molecule has 0 aromatic carbocycles. The lowest BCUT2D eigenvalue weighted by molar-refractivity contribution is -0.122. The summed E-state index contributed by atoms with van der Waals surface area (Å²) in [5.41, 5.74) is 0.993. The minimum Gasteiger partial charge on any atom is -0.385 e. The first kappa shape index (κ1) is 17.6. The first-order valence-electron chi connectivity index (χ1n) is 8.66. The predicted octanol–water partition coefficient (Wildman–Crippen LogP) is 0.877. The van der Waals surface area contributed by atoms with Crippen molar-refractivity contribution in [3.8, 4) is 0 Å². The number of rotatable bonds is 6. The lowest BCUT2D eigenvalue weighted by Gasteiger charge is -2.33. The summed E-state index contributed by atoms with van der Waals surface area (Å²) in [4.78, 5) is 22.5. The molecular weight excluding hydrogens is 318 g/mol. The summed E-state index contributed by atoms with van der Waals surface area (Å²) in [6.45, 7) is 2.52. The average molecular weight is 343 g/mol. The molecule has 0 saturated carbocycles. The highest BCUT2D eigenvalue weighted by molar-refractivity contribution is 5.78. The molecule has 7 heteroatoms. The van der Waals surface area contributed by atoms with Crippen LogP contribution in [-0.2, 0) is 18.4 Å². The van der Waals surface area contributed by atoms with E-state index in [4.69, 9.17) is 0 Å². The number of pyridine rings is 1. The van der Waals surface area contributed by atoms with Crippen LogP contribution < -0.4 is 5.32 Å². The number of hydrogen-bond acceptors (Lipinski definition) is 5. The largest absolute Gasteiger partial charge is 0.385 e. The number of amides is 1. The van der Waals surface area contributed by atoms with Gasteiger partial charge < -0.3 is 15.0 Å². The number of carbonyl (C=O) groups is 1. The average Bonchev–Trinajstić information content (AvgIpc) is 3.07. The van der Waals surface area contributed by atoms with Crippen molar-refractivity contribution in [1.82, 2.24) is 24.8 Å². The van der Waals surface area contributed by atoms with Crippen LogP contribution in [0.5, 0.6) is 0 Å². The normalized spacial score (nSPS) is 17.4. The van der Waals surface area contributed by atoms with Gasteiger partial charge in [-0.2, -0.15) is 0 Å². The first-order valence-corrected chi connectivity index (χ1v) is 8.66. The molecule has 3 rings (SSSR count). The number of piperidine rings is 1. The van der Waals surface area contributed by atoms with Gasteiger partial charge in [0.05, 0.1) is 6.54 Å². The van der Waals surface area contributed by atoms with Crippen LogP contribution in [0.3, 0.4) is 0 Å². The molecule has 2 aromatic rings. The summed E-state index contributed by atoms with van der Waals surface area (Å²) in [5.74, 6) is 0.926. The van der Waals surface area contributed by atoms with Gasteiger partial charge >= 0.3 is 0 Å². The van der Waals surface area contributed by atoms with E-state index in [0.29, 0.717) is 18.9 Å². The Hall–Kier alpha value is -2.25. The first-order chi connectivity index (χ1) is 12.1. The van der Waals surface area contributed by atoms with Gasteiger partial charge in [-0.15, -0.1) is 0 Å². The van der Waals surface area contributed by atoms with Gasteiger partial charge in [-0.3, -0.25) is 14.7 Å². The second-order valence-electron chi connectivity index (χ2n) is 6.59. The van der Waals surface area contributed by atoms with Crippen LogP contribution in [-0.4, -0.2) is 50.1 Å². The van der Waals surface area contributed by atoms with Crippen molar-refractivity contribution in [2.24, 2.45) is 13.0 Å². The summed E-state index contributed by atoms with van der Waals surface area (Å²) in [7, 11) is 1.90. The Balaban J connectivity index is 1.41. The Morgan fingerprint density at radius 2 is 2.20 bits per heavy atom. The molecule has 1 aliphatic heterocycles. The lowest BCUT2D eigenvalue weighted by Crippen LogP contribution is -2.42. The molecule has 0 radical (unpaired) electrons. The van der Waals surface area contributed by atoms with Crippen molar-refractivity contribution in [2.45, 2.75) is 25.5 Å². The number of aliphatic hydroxyl groups is 1. The molecule has 1 unspecified atom stereocenters. The van der Waals surface area contributed by atoms with Crippen LogP contribution in [0.25, 0.3) is 0 Å². The van der Waals surface area contributed by atoms with E-state index in [0.717, 1.165) is 31.5 Å². The standard InChI is InChI=1S/C18H25N5O2/c1-22-10-7-20-18(22)17(25)15-4-8-23(9-5-15)13-16(24)21-12-14-3-2-6-19-11-14/h2-3,6-7,10-11,15,17,25H,4-5,8-9,12-13H2,1H3,(H,21,24). The van der Waals surface area contributed by atoms with Crippen molar-refractivity contribution in [3.05, 3.63) is 48.3 Å². The van der Waals surface area contributed by atoms with E-state index in [9.17, 15) is 9.90 Å². The smallest absolute Gasteiger partial charge is 0.234 e. The number of aryl methyl sites for hydroxylation is 1. The molecule has 0 aliphatic carbocycles. The van der Waals surface area contributed by atoms with Crippen LogP contribution in [0, 0.1) is 5.92 Å². The van der Waals surface area contributed by atoms with E-state index in [1.54, 1.807) is 18.6 Å². The molecule has 3 heterocycles. The van der Waals surface area contributed by atoms with Gasteiger partial charge in [0, 0.05) is 38.4 Å². The second-order valence-corrected chi connectivity index (χ2v) is 6.59. The van der Waals surface area contributed by atoms with Crippen LogP contribution in [0.15, 0.2) is 36.9 Å². The van der Waals surface area contributed by atoms with E-state index in [-0.39, 0.29) is 11.8 Å². The van der Waals surface area contributed by atoms with Crippen LogP contribution in [0.4, 0.5) is 0 Å². The van der Waals surface area contributed by atoms with Gasteiger partial charge in [-0.05, 0) is 43.5 Å². The van der Waals surface area contributed by atoms with Crippen molar-refractivity contribution in [2.75, 3.05) is 19.6 Å². The fraction of sp³-hybridized carbons (Fsp3) is 0.500. The zero-order valence-corrected chi connectivity index (χ0v) is 14.5. The fourth-order valence-electron chi connectivity index (χ4n) is 3.26. The Labute approximate surface area is 147 Å². The summed E-state index contributed by atoms with van der Waals surface area (Å²) in [5, 5.41) is 13.4. The number of carbonyl (C=O) groups excluding carboxylic acids is 1. The number of likely N-dealkylation sites (tertiary alicyclic amines) is 1. The number of hydrogen-bond donors (Lipinski definition) is 2. The molecule has 2 aromatic heterocycles. The molecule has 0 spiro atoms. The van der Waals surface area contributed by atoms with E-state index < -0.39 is 6.10 Å². The number of aromatic nitrogens is 3. The molecule has 0 bridgehead atoms. The molecule has 2 N–H and O–H groups in total. The highest BCUT2D eigenvalue weighted by Crippen LogP contribution is 2.29. The van der Waals surface area contributed by atoms with Crippen LogP contribution in [0.1, 0.15) is 30.3 Å². The topological polar surface area (TPSA) is 83.3 Å². The maximum Gasteiger partial charge on any atom is 0.234 e. The molecule has 25 heavy (non-hydrogen) atoms. The highest BCUT2D eigenvalue weighted by Gasteiger charge is 2.28. The third-order valence-corrected chi connectivity index (χ3v) is 4.78. The van der Waals surface area contributed by atoms with Crippen molar-refractivity contribution >= 4 is 5.91 Å². The fourth-order valence-corrected chi connectivity index (χ4v) is 3.26. The quantitative estimate of drug-likeness (QED) is 0.813. The van der Waals surface area contributed by atoms with Gasteiger partial charge in [0.15, 0.2) is 0 Å². The minimum atomic E-state index is -0.540. The van der Waals surface area contributed by atoms with Crippen LogP contribution >= 0.6 is 0 Å². The Morgan fingerprint density at radius 1 is 1.40 bits per heavy atom. The molecule has 1 atom stereocenters. The summed E-state index contributed by atoms with van der Waals surface area (Å²) in [6, 6.07) is 3.80. The van der Waals surface area contributed by atoms with E-state index >= 15 is 0 Å². The van der Waals surface area contributed by atoms with Gasteiger partial charge in [0.25, 0.3) is 0 Å². The summed E-state index contributed by atoms with van der Waals surface area (Å²) < 4.78 is 1.86. The number of nitrogens with zero attached hydrogens (tertiary/aromatic N) is 4. The predicted molar refractivity (Wildman–Crippen MR) is 93.4 cm³/mol. The maximum absolute atomic E-state index is 12.1. The summed E-state index contributed by atoms with van der Waals surface area (Å²) in [6.07, 6.45) is 8.22. The molecule has 134 valence electrons. The number of nitrogens with one attached hydrogen (secondary N) is 1. The molecule has 1 saturated heterocycles. The van der Waals surface area contributed by atoms with E-state index in [1.807, 2.05) is 29.9 Å². The van der Waals surface area contributed by atoms with E-state index in [2.05, 4.69) is 20.2 Å². The zero-order valence-electron chi connectivity index (χ0n) is 14.5. The molecule has 7 nitrogen and oxygen atoms in total. The zero-order chi connectivity index (χ0) is 17.6. The SMILES string of the molecule is Cn1ccnc1C(O)C1CCN(CC(=O)NCc2cccnc2)CC1. The molecule has 1 amide bonds. The van der Waals surface area contributed by atoms with Crippen LogP contribution in [0.2, 0.25) is 0 Å². The Morgan fingerprint density at radius 3 is 2.84 bits per heavy atom. The summed E-state index contributed by atoms with van der Waals surface area (Å²) >= 11 is 0. The van der Waals surface area contributed by atoms with Gasteiger partial charge in [0.2, 0.25) is 5.91 Å². The monoisotopic (exact) mass is 343 g/mol.